The number of nitrogens with zero attached hydrogens (tertiary/aromatic N) is 1. The SMILES string of the molecule is CCOC[C@@H](O)CN1CCC[C@@H]1Cc1cccc(F)c1. The summed E-state index contributed by atoms with van der Waals surface area (Å²) >= 11 is 0. The molecule has 0 unspecified atom stereocenters. The van der Waals surface area contributed by atoms with E-state index in [9.17, 15) is 9.50 Å². The van der Waals surface area contributed by atoms with Crippen LogP contribution in [0.4, 0.5) is 4.39 Å². The molecule has 0 amide bonds. The van der Waals surface area contributed by atoms with Crippen LogP contribution in [0.3, 0.4) is 0 Å². The number of aliphatic hydroxyl groups excluding tert-OH is 1. The van der Waals surface area contributed by atoms with Crippen molar-refractivity contribution in [2.75, 3.05) is 26.3 Å². The Morgan fingerprint density at radius 2 is 2.35 bits per heavy atom. The van der Waals surface area contributed by atoms with Crippen molar-refractivity contribution < 1.29 is 14.2 Å². The van der Waals surface area contributed by atoms with Gasteiger partial charge in [0.1, 0.15) is 5.82 Å². The lowest BCUT2D eigenvalue weighted by molar-refractivity contribution is 0.0188. The predicted molar refractivity (Wildman–Crippen MR) is 77.2 cm³/mol. The Labute approximate surface area is 120 Å². The first kappa shape index (κ1) is 15.4. The molecule has 0 saturated carbocycles. The summed E-state index contributed by atoms with van der Waals surface area (Å²) in [6, 6.07) is 7.20. The number of halogens is 1. The highest BCUT2D eigenvalue weighted by Crippen LogP contribution is 2.21. The second-order valence-corrected chi connectivity index (χ2v) is 5.44. The number of ether oxygens (including phenoxy) is 1. The molecule has 1 N–H and O–H groups in total. The van der Waals surface area contributed by atoms with Crippen molar-refractivity contribution in [1.29, 1.82) is 0 Å². The normalized spacial score (nSPS) is 21.2. The number of likely N-dealkylation sites (tertiary alicyclic amines) is 1. The third-order valence-electron chi connectivity index (χ3n) is 3.82. The van der Waals surface area contributed by atoms with Crippen LogP contribution >= 0.6 is 0 Å². The zero-order valence-corrected chi connectivity index (χ0v) is 12.1. The molecule has 2 rings (SSSR count). The predicted octanol–water partition coefficient (Wildman–Crippen LogP) is 2.23. The van der Waals surface area contributed by atoms with E-state index >= 15 is 0 Å². The standard InChI is InChI=1S/C16H24FNO2/c1-2-20-12-16(19)11-18-8-4-7-15(18)10-13-5-3-6-14(17)9-13/h3,5-6,9,15-16,19H,2,4,7-8,10-12H2,1H3/t15-,16+/m1/s1. The number of rotatable bonds is 7. The van der Waals surface area contributed by atoms with Gasteiger partial charge in [-0.1, -0.05) is 12.1 Å². The highest BCUT2D eigenvalue weighted by molar-refractivity contribution is 5.17. The summed E-state index contributed by atoms with van der Waals surface area (Å²) < 4.78 is 18.5. The van der Waals surface area contributed by atoms with E-state index in [1.165, 1.54) is 6.07 Å². The lowest BCUT2D eigenvalue weighted by atomic mass is 10.0. The third kappa shape index (κ3) is 4.54. The number of β-amino-alcohol motifs (C(OH)–C–C–N with tert-alkyl or cyclic N) is 1. The molecule has 1 aromatic rings. The molecule has 0 spiro atoms. The van der Waals surface area contributed by atoms with Gasteiger partial charge in [0, 0.05) is 19.2 Å². The summed E-state index contributed by atoms with van der Waals surface area (Å²) in [5.74, 6) is -0.177. The van der Waals surface area contributed by atoms with Crippen molar-refractivity contribution in [3.63, 3.8) is 0 Å². The first-order chi connectivity index (χ1) is 9.69. The lowest BCUT2D eigenvalue weighted by Gasteiger charge is -2.26. The highest BCUT2D eigenvalue weighted by Gasteiger charge is 2.26. The zero-order chi connectivity index (χ0) is 14.4. The average molecular weight is 281 g/mol. The lowest BCUT2D eigenvalue weighted by Crippen LogP contribution is -2.39. The van der Waals surface area contributed by atoms with Crippen molar-refractivity contribution >= 4 is 0 Å². The van der Waals surface area contributed by atoms with Gasteiger partial charge < -0.3 is 9.84 Å². The van der Waals surface area contributed by atoms with Gasteiger partial charge in [-0.15, -0.1) is 0 Å². The summed E-state index contributed by atoms with van der Waals surface area (Å²) in [6.07, 6.45) is 2.65. The molecular weight excluding hydrogens is 257 g/mol. The van der Waals surface area contributed by atoms with Gasteiger partial charge >= 0.3 is 0 Å². The largest absolute Gasteiger partial charge is 0.389 e. The van der Waals surface area contributed by atoms with Crippen LogP contribution in [0.2, 0.25) is 0 Å². The van der Waals surface area contributed by atoms with Crippen LogP contribution in [-0.4, -0.2) is 48.5 Å². The van der Waals surface area contributed by atoms with E-state index < -0.39 is 6.10 Å². The van der Waals surface area contributed by atoms with Gasteiger partial charge in [-0.05, 0) is 50.4 Å². The van der Waals surface area contributed by atoms with Crippen molar-refractivity contribution in [2.24, 2.45) is 0 Å². The van der Waals surface area contributed by atoms with E-state index in [1.807, 2.05) is 13.0 Å². The van der Waals surface area contributed by atoms with Gasteiger partial charge in [0.25, 0.3) is 0 Å². The van der Waals surface area contributed by atoms with E-state index in [4.69, 9.17) is 4.74 Å². The quantitative estimate of drug-likeness (QED) is 0.832. The van der Waals surface area contributed by atoms with Crippen LogP contribution in [0.5, 0.6) is 0 Å². The Hall–Kier alpha value is -0.970. The molecule has 1 aromatic carbocycles. The Balaban J connectivity index is 1.87. The summed E-state index contributed by atoms with van der Waals surface area (Å²) in [6.45, 7) is 4.59. The van der Waals surface area contributed by atoms with Crippen molar-refractivity contribution in [2.45, 2.75) is 38.3 Å². The molecule has 1 aliphatic rings. The van der Waals surface area contributed by atoms with Crippen LogP contribution in [-0.2, 0) is 11.2 Å². The maximum absolute atomic E-state index is 13.2. The second-order valence-electron chi connectivity index (χ2n) is 5.44. The fourth-order valence-corrected chi connectivity index (χ4v) is 2.88. The number of hydrogen-bond donors (Lipinski definition) is 1. The number of hydrogen-bond acceptors (Lipinski definition) is 3. The van der Waals surface area contributed by atoms with Gasteiger partial charge in [0.2, 0.25) is 0 Å². The molecule has 112 valence electrons. The maximum Gasteiger partial charge on any atom is 0.123 e. The molecule has 0 bridgehead atoms. The Morgan fingerprint density at radius 3 is 3.10 bits per heavy atom. The molecule has 0 radical (unpaired) electrons. The smallest absolute Gasteiger partial charge is 0.123 e. The molecule has 1 aliphatic heterocycles. The highest BCUT2D eigenvalue weighted by atomic mass is 19.1. The first-order valence-electron chi connectivity index (χ1n) is 7.43. The minimum Gasteiger partial charge on any atom is -0.389 e. The van der Waals surface area contributed by atoms with Crippen molar-refractivity contribution in [1.82, 2.24) is 4.90 Å². The van der Waals surface area contributed by atoms with Crippen molar-refractivity contribution in [3.8, 4) is 0 Å². The Morgan fingerprint density at radius 1 is 1.50 bits per heavy atom. The summed E-state index contributed by atoms with van der Waals surface area (Å²) in [4.78, 5) is 2.30. The van der Waals surface area contributed by atoms with E-state index in [-0.39, 0.29) is 5.82 Å². The minimum atomic E-state index is -0.442. The number of aliphatic hydroxyl groups is 1. The third-order valence-corrected chi connectivity index (χ3v) is 3.82. The fraction of sp³-hybridized carbons (Fsp3) is 0.625. The molecule has 1 fully saturated rings. The Kier molecular flexibility index (Phi) is 5.95. The van der Waals surface area contributed by atoms with Crippen LogP contribution in [0.25, 0.3) is 0 Å². The molecule has 0 aromatic heterocycles. The van der Waals surface area contributed by atoms with E-state index in [0.29, 0.717) is 25.8 Å². The minimum absolute atomic E-state index is 0.177. The topological polar surface area (TPSA) is 32.7 Å². The first-order valence-corrected chi connectivity index (χ1v) is 7.43. The van der Waals surface area contributed by atoms with Gasteiger partial charge in [0.05, 0.1) is 12.7 Å². The van der Waals surface area contributed by atoms with Crippen LogP contribution in [0, 0.1) is 5.82 Å². The van der Waals surface area contributed by atoms with E-state index in [0.717, 1.165) is 31.4 Å². The van der Waals surface area contributed by atoms with Crippen LogP contribution in [0.15, 0.2) is 24.3 Å². The molecule has 1 heterocycles. The summed E-state index contributed by atoms with van der Waals surface area (Å²) in [5, 5.41) is 9.94. The van der Waals surface area contributed by atoms with E-state index in [1.54, 1.807) is 12.1 Å². The van der Waals surface area contributed by atoms with Gasteiger partial charge in [-0.2, -0.15) is 0 Å². The fourth-order valence-electron chi connectivity index (χ4n) is 2.88. The molecule has 20 heavy (non-hydrogen) atoms. The van der Waals surface area contributed by atoms with Gasteiger partial charge in [0.15, 0.2) is 0 Å². The van der Waals surface area contributed by atoms with Gasteiger partial charge in [-0.3, -0.25) is 4.90 Å². The second kappa shape index (κ2) is 7.72. The van der Waals surface area contributed by atoms with Gasteiger partial charge in [-0.25, -0.2) is 4.39 Å². The summed E-state index contributed by atoms with van der Waals surface area (Å²) in [5.41, 5.74) is 1.03. The molecule has 3 nitrogen and oxygen atoms in total. The molecular formula is C16H24FNO2. The zero-order valence-electron chi connectivity index (χ0n) is 12.1. The Bertz CT molecular complexity index is 413. The maximum atomic E-state index is 13.2. The van der Waals surface area contributed by atoms with Crippen LogP contribution < -0.4 is 0 Å². The van der Waals surface area contributed by atoms with Crippen LogP contribution in [0.1, 0.15) is 25.3 Å². The molecule has 1 saturated heterocycles. The molecule has 0 aliphatic carbocycles. The van der Waals surface area contributed by atoms with Crippen molar-refractivity contribution in [3.05, 3.63) is 35.6 Å². The van der Waals surface area contributed by atoms with E-state index in [2.05, 4.69) is 4.90 Å². The monoisotopic (exact) mass is 281 g/mol. The molecule has 4 heteroatoms. The molecule has 2 atom stereocenters. The number of benzene rings is 1. The average Bonchev–Trinajstić information content (AvgIpc) is 2.83. The summed E-state index contributed by atoms with van der Waals surface area (Å²) in [7, 11) is 0.